The van der Waals surface area contributed by atoms with Crippen LogP contribution in [0.3, 0.4) is 0 Å². The van der Waals surface area contributed by atoms with Crippen LogP contribution in [0.25, 0.3) is 0 Å². The van der Waals surface area contributed by atoms with E-state index in [0.29, 0.717) is 23.1 Å². The molecule has 0 radical (unpaired) electrons. The van der Waals surface area contributed by atoms with Crippen molar-refractivity contribution in [2.24, 2.45) is 0 Å². The molecule has 2 N–H and O–H groups in total. The van der Waals surface area contributed by atoms with Crippen LogP contribution in [0.15, 0.2) is 36.7 Å². The van der Waals surface area contributed by atoms with Crippen molar-refractivity contribution >= 4 is 23.3 Å². The van der Waals surface area contributed by atoms with E-state index in [9.17, 15) is 4.79 Å². The lowest BCUT2D eigenvalue weighted by atomic mass is 10.1. The van der Waals surface area contributed by atoms with Crippen LogP contribution in [0.5, 0.6) is 0 Å². The molecule has 0 bridgehead atoms. The highest BCUT2D eigenvalue weighted by molar-refractivity contribution is 6.30. The molecule has 134 valence electrons. The SMILES string of the molecule is CN(C)CCCNc1cnc(C(=O)NCCc2ccc(Cl)cc2)cn1. The summed E-state index contributed by atoms with van der Waals surface area (Å²) in [7, 11) is 4.08. The fourth-order valence-electron chi connectivity index (χ4n) is 2.21. The monoisotopic (exact) mass is 361 g/mol. The molecule has 2 aromatic rings. The van der Waals surface area contributed by atoms with Gasteiger partial charge in [-0.15, -0.1) is 0 Å². The highest BCUT2D eigenvalue weighted by Gasteiger charge is 2.07. The van der Waals surface area contributed by atoms with E-state index in [1.807, 2.05) is 38.4 Å². The predicted octanol–water partition coefficient (Wildman–Crippen LogP) is 2.47. The average Bonchev–Trinajstić information content (AvgIpc) is 2.61. The summed E-state index contributed by atoms with van der Waals surface area (Å²) in [6.45, 7) is 2.36. The minimum Gasteiger partial charge on any atom is -0.369 e. The van der Waals surface area contributed by atoms with Gasteiger partial charge in [-0.25, -0.2) is 9.97 Å². The normalized spacial score (nSPS) is 10.7. The number of aromatic nitrogens is 2. The number of hydrogen-bond acceptors (Lipinski definition) is 5. The summed E-state index contributed by atoms with van der Waals surface area (Å²) in [5, 5.41) is 6.75. The van der Waals surface area contributed by atoms with Crippen molar-refractivity contribution in [2.75, 3.05) is 39.0 Å². The van der Waals surface area contributed by atoms with Gasteiger partial charge in [-0.1, -0.05) is 23.7 Å². The summed E-state index contributed by atoms with van der Waals surface area (Å²) in [4.78, 5) is 22.6. The lowest BCUT2D eigenvalue weighted by Crippen LogP contribution is -2.26. The summed E-state index contributed by atoms with van der Waals surface area (Å²) in [5.41, 5.74) is 1.43. The Morgan fingerprint density at radius 3 is 2.52 bits per heavy atom. The molecule has 6 nitrogen and oxygen atoms in total. The number of anilines is 1. The van der Waals surface area contributed by atoms with E-state index < -0.39 is 0 Å². The Balaban J connectivity index is 1.73. The molecule has 0 aliphatic rings. The quantitative estimate of drug-likeness (QED) is 0.671. The predicted molar refractivity (Wildman–Crippen MR) is 101 cm³/mol. The van der Waals surface area contributed by atoms with E-state index >= 15 is 0 Å². The smallest absolute Gasteiger partial charge is 0.271 e. The molecule has 1 heterocycles. The Labute approximate surface area is 153 Å². The Kier molecular flexibility index (Phi) is 7.63. The van der Waals surface area contributed by atoms with Gasteiger partial charge in [0.25, 0.3) is 5.91 Å². The van der Waals surface area contributed by atoms with Crippen molar-refractivity contribution in [3.8, 4) is 0 Å². The minimum absolute atomic E-state index is 0.222. The fraction of sp³-hybridized carbons (Fsp3) is 0.389. The van der Waals surface area contributed by atoms with Crippen molar-refractivity contribution in [1.29, 1.82) is 0 Å². The van der Waals surface area contributed by atoms with Gasteiger partial charge in [-0.3, -0.25) is 4.79 Å². The number of hydrogen-bond donors (Lipinski definition) is 2. The van der Waals surface area contributed by atoms with Gasteiger partial charge >= 0.3 is 0 Å². The van der Waals surface area contributed by atoms with Crippen LogP contribution in [0.1, 0.15) is 22.5 Å². The van der Waals surface area contributed by atoms with Gasteiger partial charge in [0.05, 0.1) is 12.4 Å². The highest BCUT2D eigenvalue weighted by Crippen LogP contribution is 2.09. The van der Waals surface area contributed by atoms with Gasteiger partial charge in [0.15, 0.2) is 0 Å². The van der Waals surface area contributed by atoms with Crippen molar-refractivity contribution in [1.82, 2.24) is 20.2 Å². The summed E-state index contributed by atoms with van der Waals surface area (Å²) >= 11 is 5.85. The molecule has 1 amide bonds. The van der Waals surface area contributed by atoms with Gasteiger partial charge in [-0.05, 0) is 51.2 Å². The number of nitrogens with zero attached hydrogens (tertiary/aromatic N) is 3. The zero-order valence-corrected chi connectivity index (χ0v) is 15.4. The molecule has 25 heavy (non-hydrogen) atoms. The maximum Gasteiger partial charge on any atom is 0.271 e. The summed E-state index contributed by atoms with van der Waals surface area (Å²) in [5.74, 6) is 0.456. The Bertz CT molecular complexity index is 658. The first-order valence-corrected chi connectivity index (χ1v) is 8.65. The molecule has 0 fully saturated rings. The van der Waals surface area contributed by atoms with E-state index in [2.05, 4.69) is 25.5 Å². The fourth-order valence-corrected chi connectivity index (χ4v) is 2.34. The minimum atomic E-state index is -0.222. The zero-order chi connectivity index (χ0) is 18.1. The van der Waals surface area contributed by atoms with Crippen LogP contribution in [0.4, 0.5) is 5.82 Å². The summed E-state index contributed by atoms with van der Waals surface area (Å²) in [6, 6.07) is 7.58. The Morgan fingerprint density at radius 1 is 1.12 bits per heavy atom. The number of carbonyl (C=O) groups excluding carboxylic acids is 1. The van der Waals surface area contributed by atoms with Crippen LogP contribution < -0.4 is 10.6 Å². The van der Waals surface area contributed by atoms with Crippen LogP contribution in [-0.4, -0.2) is 54.5 Å². The number of benzene rings is 1. The topological polar surface area (TPSA) is 70.2 Å². The third-order valence-corrected chi connectivity index (χ3v) is 3.84. The number of halogens is 1. The second-order valence-corrected chi connectivity index (χ2v) is 6.44. The van der Waals surface area contributed by atoms with Gasteiger partial charge in [0, 0.05) is 18.1 Å². The highest BCUT2D eigenvalue weighted by atomic mass is 35.5. The molecule has 1 aromatic carbocycles. The van der Waals surface area contributed by atoms with Crippen molar-refractivity contribution in [3.05, 3.63) is 52.9 Å². The van der Waals surface area contributed by atoms with E-state index in [0.717, 1.165) is 31.5 Å². The molecule has 0 saturated carbocycles. The molecule has 0 atom stereocenters. The van der Waals surface area contributed by atoms with Crippen molar-refractivity contribution in [2.45, 2.75) is 12.8 Å². The average molecular weight is 362 g/mol. The van der Waals surface area contributed by atoms with Gasteiger partial charge < -0.3 is 15.5 Å². The molecule has 0 saturated heterocycles. The summed E-state index contributed by atoms with van der Waals surface area (Å²) < 4.78 is 0. The molecule has 7 heteroatoms. The van der Waals surface area contributed by atoms with Crippen LogP contribution in [-0.2, 0) is 6.42 Å². The first-order valence-electron chi connectivity index (χ1n) is 8.28. The second kappa shape index (κ2) is 9.96. The van der Waals surface area contributed by atoms with Crippen molar-refractivity contribution in [3.63, 3.8) is 0 Å². The first kappa shape index (κ1) is 19.1. The lowest BCUT2D eigenvalue weighted by Gasteiger charge is -2.10. The molecular weight excluding hydrogens is 338 g/mol. The third-order valence-electron chi connectivity index (χ3n) is 3.59. The van der Waals surface area contributed by atoms with Gasteiger partial charge in [0.1, 0.15) is 11.5 Å². The third kappa shape index (κ3) is 7.07. The molecule has 0 spiro atoms. The standard InChI is InChI=1S/C18H24ClN5O/c1-24(2)11-3-9-20-17-13-22-16(12-23-17)18(25)21-10-8-14-4-6-15(19)7-5-14/h4-7,12-13H,3,8-11H2,1-2H3,(H,20,23)(H,21,25). The molecule has 2 rings (SSSR count). The number of nitrogens with one attached hydrogen (secondary N) is 2. The van der Waals surface area contributed by atoms with E-state index in [1.54, 1.807) is 6.20 Å². The molecule has 0 aliphatic heterocycles. The van der Waals surface area contributed by atoms with Crippen LogP contribution >= 0.6 is 11.6 Å². The van der Waals surface area contributed by atoms with E-state index in [4.69, 9.17) is 11.6 Å². The van der Waals surface area contributed by atoms with Crippen LogP contribution in [0, 0.1) is 0 Å². The van der Waals surface area contributed by atoms with Gasteiger partial charge in [-0.2, -0.15) is 0 Å². The molecule has 0 unspecified atom stereocenters. The molecule has 0 aliphatic carbocycles. The summed E-state index contributed by atoms with van der Waals surface area (Å²) in [6.07, 6.45) is 4.83. The van der Waals surface area contributed by atoms with Crippen LogP contribution in [0.2, 0.25) is 5.02 Å². The Morgan fingerprint density at radius 2 is 1.88 bits per heavy atom. The number of carbonyl (C=O) groups is 1. The molecular formula is C18H24ClN5O. The van der Waals surface area contributed by atoms with E-state index in [-0.39, 0.29) is 5.91 Å². The number of amides is 1. The zero-order valence-electron chi connectivity index (χ0n) is 14.6. The Hall–Kier alpha value is -2.18. The molecule has 1 aromatic heterocycles. The maximum absolute atomic E-state index is 12.1. The maximum atomic E-state index is 12.1. The van der Waals surface area contributed by atoms with E-state index in [1.165, 1.54) is 6.20 Å². The largest absolute Gasteiger partial charge is 0.369 e. The van der Waals surface area contributed by atoms with Crippen molar-refractivity contribution < 1.29 is 4.79 Å². The first-order chi connectivity index (χ1) is 12.0. The lowest BCUT2D eigenvalue weighted by molar-refractivity contribution is 0.0949. The second-order valence-electron chi connectivity index (χ2n) is 6.00. The number of rotatable bonds is 9. The van der Waals surface area contributed by atoms with Gasteiger partial charge in [0.2, 0.25) is 0 Å².